The summed E-state index contributed by atoms with van der Waals surface area (Å²) in [6.45, 7) is 10.4. The lowest BCUT2D eigenvalue weighted by molar-refractivity contribution is -0.137. The number of aromatic nitrogens is 2. The second-order valence-electron chi connectivity index (χ2n) is 9.17. The minimum atomic E-state index is -4.62. The van der Waals surface area contributed by atoms with Crippen LogP contribution >= 0.6 is 0 Å². The summed E-state index contributed by atoms with van der Waals surface area (Å²) in [5.74, 6) is 1.38. The molecule has 34 heavy (non-hydrogen) atoms. The van der Waals surface area contributed by atoms with Crippen LogP contribution in [0.1, 0.15) is 40.2 Å². The number of halogens is 3. The summed E-state index contributed by atoms with van der Waals surface area (Å²) in [6.07, 6.45) is -3.86. The molecule has 9 heteroatoms. The molecule has 6 nitrogen and oxygen atoms in total. The van der Waals surface area contributed by atoms with Crippen molar-refractivity contribution in [1.29, 1.82) is 0 Å². The first-order valence-electron chi connectivity index (χ1n) is 10.9. The lowest BCUT2D eigenvalue weighted by Crippen LogP contribution is -2.22. The van der Waals surface area contributed by atoms with Crippen molar-refractivity contribution in [3.63, 3.8) is 0 Å². The fraction of sp³-hybridized carbons (Fsp3) is 0.360. The van der Waals surface area contributed by atoms with Crippen LogP contribution in [0.3, 0.4) is 0 Å². The lowest BCUT2D eigenvalue weighted by Gasteiger charge is -2.21. The van der Waals surface area contributed by atoms with Gasteiger partial charge in [0.15, 0.2) is 0 Å². The zero-order chi connectivity index (χ0) is 24.9. The van der Waals surface area contributed by atoms with E-state index in [2.05, 4.69) is 34.4 Å². The lowest BCUT2D eigenvalue weighted by atomic mass is 10.2. The summed E-state index contributed by atoms with van der Waals surface area (Å²) in [5, 5.41) is 5.68. The maximum absolute atomic E-state index is 13.6. The molecule has 0 aliphatic rings. The zero-order valence-electron chi connectivity index (χ0n) is 19.8. The molecule has 2 N–H and O–H groups in total. The minimum absolute atomic E-state index is 0.0269. The van der Waals surface area contributed by atoms with Crippen molar-refractivity contribution < 1.29 is 22.6 Å². The summed E-state index contributed by atoms with van der Waals surface area (Å²) < 4.78 is 52.1. The highest BCUT2D eigenvalue weighted by Crippen LogP contribution is 2.35. The van der Waals surface area contributed by atoms with Gasteiger partial charge in [-0.1, -0.05) is 13.8 Å². The topological polar surface area (TPSA) is 68.3 Å². The number of hydrogen-bond donors (Lipinski definition) is 2. The monoisotopic (exact) mass is 474 g/mol. The van der Waals surface area contributed by atoms with Gasteiger partial charge in [-0.3, -0.25) is 0 Å². The summed E-state index contributed by atoms with van der Waals surface area (Å²) in [4.78, 5) is 7.92. The third kappa shape index (κ3) is 7.54. The van der Waals surface area contributed by atoms with Crippen molar-refractivity contribution in [2.75, 3.05) is 17.2 Å². The van der Waals surface area contributed by atoms with Crippen LogP contribution in [0, 0.1) is 5.92 Å². The van der Waals surface area contributed by atoms with Crippen molar-refractivity contribution >= 4 is 23.1 Å². The summed E-state index contributed by atoms with van der Waals surface area (Å²) in [6, 6.07) is 13.7. The van der Waals surface area contributed by atoms with Gasteiger partial charge in [-0.2, -0.15) is 18.2 Å². The smallest absolute Gasteiger partial charge is 0.421 e. The maximum Gasteiger partial charge on any atom is 0.421 e. The Morgan fingerprint density at radius 1 is 0.853 bits per heavy atom. The Balaban J connectivity index is 1.78. The Morgan fingerprint density at radius 3 is 1.94 bits per heavy atom. The minimum Gasteiger partial charge on any atom is -0.493 e. The predicted octanol–water partition coefficient (Wildman–Crippen LogP) is 7.19. The molecule has 3 rings (SSSR count). The van der Waals surface area contributed by atoms with Crippen LogP contribution in [0.25, 0.3) is 0 Å². The second kappa shape index (κ2) is 10.2. The molecule has 0 unspecified atom stereocenters. The maximum atomic E-state index is 13.6. The Labute approximate surface area is 197 Å². The largest absolute Gasteiger partial charge is 0.493 e. The third-order valence-corrected chi connectivity index (χ3v) is 4.33. The average molecular weight is 475 g/mol. The van der Waals surface area contributed by atoms with E-state index in [0.29, 0.717) is 35.4 Å². The van der Waals surface area contributed by atoms with E-state index >= 15 is 0 Å². The molecule has 0 fully saturated rings. The van der Waals surface area contributed by atoms with E-state index in [1.807, 2.05) is 20.8 Å². The summed E-state index contributed by atoms with van der Waals surface area (Å²) in [7, 11) is 0. The molecule has 0 bridgehead atoms. The molecule has 3 aromatic rings. The first kappa shape index (κ1) is 25.1. The van der Waals surface area contributed by atoms with E-state index in [0.717, 1.165) is 6.20 Å². The fourth-order valence-electron chi connectivity index (χ4n) is 2.87. The van der Waals surface area contributed by atoms with E-state index in [1.54, 1.807) is 48.5 Å². The van der Waals surface area contributed by atoms with Gasteiger partial charge < -0.3 is 20.1 Å². The van der Waals surface area contributed by atoms with E-state index in [9.17, 15) is 13.2 Å². The number of benzene rings is 2. The Morgan fingerprint density at radius 2 is 1.41 bits per heavy atom. The van der Waals surface area contributed by atoms with Crippen LogP contribution in [-0.2, 0) is 6.18 Å². The molecule has 0 radical (unpaired) electrons. The number of rotatable bonds is 8. The molecule has 2 aromatic carbocycles. The number of alkyl halides is 3. The molecule has 0 aliphatic carbocycles. The average Bonchev–Trinajstić information content (AvgIpc) is 2.73. The Kier molecular flexibility index (Phi) is 7.54. The van der Waals surface area contributed by atoms with Crippen molar-refractivity contribution in [3.05, 3.63) is 60.3 Å². The van der Waals surface area contributed by atoms with Gasteiger partial charge in [-0.15, -0.1) is 0 Å². The van der Waals surface area contributed by atoms with Gasteiger partial charge in [0.25, 0.3) is 0 Å². The molecule has 1 heterocycles. The van der Waals surface area contributed by atoms with Crippen LogP contribution in [-0.4, -0.2) is 22.2 Å². The van der Waals surface area contributed by atoms with Crippen LogP contribution < -0.4 is 20.1 Å². The van der Waals surface area contributed by atoms with Gasteiger partial charge in [-0.25, -0.2) is 4.98 Å². The first-order chi connectivity index (χ1) is 15.9. The van der Waals surface area contributed by atoms with E-state index in [4.69, 9.17) is 9.47 Å². The SMILES string of the molecule is CC(C)COc1ccc(Nc2ncc(C(F)(F)F)c(Nc3ccc(OC(C)(C)C)cc3)n2)cc1. The fourth-order valence-corrected chi connectivity index (χ4v) is 2.87. The quantitative estimate of drug-likeness (QED) is 0.360. The second-order valence-corrected chi connectivity index (χ2v) is 9.17. The Hall–Kier alpha value is -3.49. The standard InChI is InChI=1S/C25H29F3N4O2/c1-16(2)15-33-19-10-6-18(7-11-19)31-23-29-14-21(25(26,27)28)22(32-23)30-17-8-12-20(13-9-17)34-24(3,4)5/h6-14,16H,15H2,1-5H3,(H2,29,30,31,32). The predicted molar refractivity (Wildman–Crippen MR) is 127 cm³/mol. The Bertz CT molecular complexity index is 1080. The number of anilines is 4. The van der Waals surface area contributed by atoms with E-state index in [1.165, 1.54) is 0 Å². The van der Waals surface area contributed by atoms with Crippen LogP contribution in [0.15, 0.2) is 54.7 Å². The number of nitrogens with zero attached hydrogens (tertiary/aromatic N) is 2. The molecular formula is C25H29F3N4O2. The van der Waals surface area contributed by atoms with Crippen LogP contribution in [0.2, 0.25) is 0 Å². The van der Waals surface area contributed by atoms with Gasteiger partial charge in [-0.05, 0) is 75.2 Å². The normalized spacial score (nSPS) is 11.9. The number of ether oxygens (including phenoxy) is 2. The molecule has 0 atom stereocenters. The van der Waals surface area contributed by atoms with E-state index < -0.39 is 11.7 Å². The van der Waals surface area contributed by atoms with Crippen molar-refractivity contribution in [2.24, 2.45) is 5.92 Å². The van der Waals surface area contributed by atoms with E-state index in [-0.39, 0.29) is 17.4 Å². The molecule has 0 aliphatic heterocycles. The number of nitrogens with one attached hydrogen (secondary N) is 2. The van der Waals surface area contributed by atoms with Crippen LogP contribution in [0.4, 0.5) is 36.3 Å². The molecule has 0 amide bonds. The van der Waals surface area contributed by atoms with Crippen molar-refractivity contribution in [3.8, 4) is 11.5 Å². The summed E-state index contributed by atoms with van der Waals surface area (Å²) >= 11 is 0. The van der Waals surface area contributed by atoms with Crippen LogP contribution in [0.5, 0.6) is 11.5 Å². The van der Waals surface area contributed by atoms with Crippen molar-refractivity contribution in [2.45, 2.75) is 46.4 Å². The highest BCUT2D eigenvalue weighted by atomic mass is 19.4. The van der Waals surface area contributed by atoms with Gasteiger partial charge in [0.2, 0.25) is 5.95 Å². The molecule has 182 valence electrons. The molecule has 0 saturated carbocycles. The molecule has 0 saturated heterocycles. The molecule has 0 spiro atoms. The van der Waals surface area contributed by atoms with Gasteiger partial charge in [0.1, 0.15) is 28.5 Å². The highest BCUT2D eigenvalue weighted by molar-refractivity contribution is 5.63. The van der Waals surface area contributed by atoms with Gasteiger partial charge in [0, 0.05) is 17.6 Å². The van der Waals surface area contributed by atoms with Gasteiger partial charge in [0.05, 0.1) is 6.61 Å². The summed E-state index contributed by atoms with van der Waals surface area (Å²) in [5.41, 5.74) is -0.301. The first-order valence-corrected chi connectivity index (χ1v) is 10.9. The van der Waals surface area contributed by atoms with Gasteiger partial charge >= 0.3 is 6.18 Å². The highest BCUT2D eigenvalue weighted by Gasteiger charge is 2.35. The van der Waals surface area contributed by atoms with Crippen molar-refractivity contribution in [1.82, 2.24) is 9.97 Å². The molecular weight excluding hydrogens is 445 g/mol. The zero-order valence-corrected chi connectivity index (χ0v) is 19.8. The molecule has 1 aromatic heterocycles. The third-order valence-electron chi connectivity index (χ3n) is 4.33. The number of hydrogen-bond acceptors (Lipinski definition) is 6.